The van der Waals surface area contributed by atoms with E-state index >= 15 is 0 Å². The molecule has 0 radical (unpaired) electrons. The van der Waals surface area contributed by atoms with Crippen LogP contribution in [0.4, 0.5) is 5.13 Å². The number of fused-ring (bicyclic) bond motifs is 1. The van der Waals surface area contributed by atoms with Crippen LogP contribution in [0.25, 0.3) is 10.2 Å². The Kier molecular flexibility index (Phi) is 6.73. The van der Waals surface area contributed by atoms with Crippen molar-refractivity contribution < 1.29 is 19.0 Å². The maximum absolute atomic E-state index is 13.2. The van der Waals surface area contributed by atoms with Gasteiger partial charge in [-0.05, 0) is 48.6 Å². The first-order valence-electron chi connectivity index (χ1n) is 10.6. The van der Waals surface area contributed by atoms with Gasteiger partial charge in [-0.2, -0.15) is 0 Å². The molecule has 1 aliphatic rings. The summed E-state index contributed by atoms with van der Waals surface area (Å²) in [4.78, 5) is 19.6. The van der Waals surface area contributed by atoms with Gasteiger partial charge in [-0.15, -0.1) is 0 Å². The number of ether oxygens (including phenoxy) is 3. The van der Waals surface area contributed by atoms with Crippen LogP contribution in [0.3, 0.4) is 0 Å². The molecule has 0 saturated carbocycles. The highest BCUT2D eigenvalue weighted by molar-refractivity contribution is 7.22. The lowest BCUT2D eigenvalue weighted by molar-refractivity contribution is -0.120. The number of carbonyl (C=O) groups excluding carboxylic acids is 1. The Balaban J connectivity index is 1.51. The molecular weight excluding hydrogens is 412 g/mol. The van der Waals surface area contributed by atoms with Crippen LogP contribution in [0.2, 0.25) is 0 Å². The zero-order valence-electron chi connectivity index (χ0n) is 18.2. The summed E-state index contributed by atoms with van der Waals surface area (Å²) in [5.74, 6) is 1.75. The molecule has 4 rings (SSSR count). The van der Waals surface area contributed by atoms with E-state index in [0.717, 1.165) is 35.4 Å². The number of hydrogen-bond donors (Lipinski definition) is 0. The molecule has 0 bridgehead atoms. The van der Waals surface area contributed by atoms with Gasteiger partial charge in [0.2, 0.25) is 0 Å². The molecule has 3 aromatic rings. The predicted octanol–water partition coefficient (Wildman–Crippen LogP) is 5.02. The summed E-state index contributed by atoms with van der Waals surface area (Å²) in [7, 11) is 1.63. The maximum atomic E-state index is 13.2. The Morgan fingerprint density at radius 3 is 2.68 bits per heavy atom. The van der Waals surface area contributed by atoms with E-state index in [9.17, 15) is 4.79 Å². The maximum Gasteiger partial charge on any atom is 0.266 e. The van der Waals surface area contributed by atoms with Crippen molar-refractivity contribution in [3.63, 3.8) is 0 Å². The van der Waals surface area contributed by atoms with Crippen molar-refractivity contribution in [1.29, 1.82) is 0 Å². The molecular formula is C24H28N2O4S. The fraction of sp³-hybridized carbons (Fsp3) is 0.417. The summed E-state index contributed by atoms with van der Waals surface area (Å²) in [5, 5.41) is 0.655. The van der Waals surface area contributed by atoms with Gasteiger partial charge >= 0.3 is 0 Å². The van der Waals surface area contributed by atoms with Crippen molar-refractivity contribution in [2.75, 3.05) is 31.8 Å². The molecule has 2 heterocycles. The van der Waals surface area contributed by atoms with Gasteiger partial charge in [0.05, 0.1) is 30.0 Å². The lowest BCUT2D eigenvalue weighted by atomic mass is 10.0. The molecule has 1 fully saturated rings. The number of carbonyl (C=O) groups is 1. The number of nitrogens with zero attached hydrogens (tertiary/aromatic N) is 2. The molecule has 0 aliphatic carbocycles. The normalized spacial score (nSPS) is 16.1. The van der Waals surface area contributed by atoms with E-state index in [1.165, 1.54) is 16.9 Å². The second-order valence-corrected chi connectivity index (χ2v) is 8.99. The third-order valence-electron chi connectivity index (χ3n) is 5.43. The minimum absolute atomic E-state index is 0.0239. The quantitative estimate of drug-likeness (QED) is 0.492. The zero-order valence-corrected chi connectivity index (χ0v) is 19.0. The van der Waals surface area contributed by atoms with E-state index in [1.807, 2.05) is 42.5 Å². The molecule has 1 aliphatic heterocycles. The standard InChI is InChI=1S/C24H28N2O4S/c1-16(2)17-6-8-18(9-7-17)30-15-23(27)26(14-20-5-4-12-29-20)24-25-21-13-19(28-3)10-11-22(21)31-24/h6-11,13,16,20H,4-5,12,14-15H2,1-3H3. The average molecular weight is 441 g/mol. The Labute approximate surface area is 186 Å². The molecule has 1 unspecified atom stereocenters. The first kappa shape index (κ1) is 21.6. The smallest absolute Gasteiger partial charge is 0.266 e. The molecule has 1 aromatic heterocycles. The summed E-state index contributed by atoms with van der Waals surface area (Å²) in [6, 6.07) is 13.7. The van der Waals surface area contributed by atoms with Crippen molar-refractivity contribution in [3.05, 3.63) is 48.0 Å². The molecule has 0 N–H and O–H groups in total. The number of benzene rings is 2. The van der Waals surface area contributed by atoms with E-state index in [-0.39, 0.29) is 18.6 Å². The van der Waals surface area contributed by atoms with Gasteiger partial charge in [0.15, 0.2) is 11.7 Å². The largest absolute Gasteiger partial charge is 0.497 e. The Hall–Kier alpha value is -2.64. The van der Waals surface area contributed by atoms with Crippen LogP contribution in [0.1, 0.15) is 38.2 Å². The molecule has 1 saturated heterocycles. The summed E-state index contributed by atoms with van der Waals surface area (Å²) in [5.41, 5.74) is 2.05. The van der Waals surface area contributed by atoms with Crippen molar-refractivity contribution in [2.24, 2.45) is 0 Å². The number of aromatic nitrogens is 1. The van der Waals surface area contributed by atoms with Crippen LogP contribution in [0, 0.1) is 0 Å². The van der Waals surface area contributed by atoms with Gasteiger partial charge < -0.3 is 14.2 Å². The van der Waals surface area contributed by atoms with Crippen LogP contribution in [-0.4, -0.2) is 43.9 Å². The zero-order chi connectivity index (χ0) is 21.8. The van der Waals surface area contributed by atoms with Crippen molar-refractivity contribution in [1.82, 2.24) is 4.98 Å². The second kappa shape index (κ2) is 9.66. The molecule has 1 atom stereocenters. The Morgan fingerprint density at radius 2 is 2.00 bits per heavy atom. The average Bonchev–Trinajstić information content (AvgIpc) is 3.44. The Bertz CT molecular complexity index is 1030. The highest BCUT2D eigenvalue weighted by Gasteiger charge is 2.26. The van der Waals surface area contributed by atoms with Gasteiger partial charge in [-0.1, -0.05) is 37.3 Å². The predicted molar refractivity (Wildman–Crippen MR) is 124 cm³/mol. The number of amides is 1. The fourth-order valence-electron chi connectivity index (χ4n) is 3.59. The van der Waals surface area contributed by atoms with Crippen molar-refractivity contribution in [2.45, 2.75) is 38.7 Å². The summed E-state index contributed by atoms with van der Waals surface area (Å²) in [6.45, 7) is 5.47. The number of thiazole rings is 1. The second-order valence-electron chi connectivity index (χ2n) is 7.98. The minimum Gasteiger partial charge on any atom is -0.497 e. The van der Waals surface area contributed by atoms with E-state index < -0.39 is 0 Å². The molecule has 2 aromatic carbocycles. The monoisotopic (exact) mass is 440 g/mol. The molecule has 31 heavy (non-hydrogen) atoms. The molecule has 0 spiro atoms. The van der Waals surface area contributed by atoms with E-state index in [1.54, 1.807) is 12.0 Å². The van der Waals surface area contributed by atoms with E-state index in [4.69, 9.17) is 19.2 Å². The molecule has 6 nitrogen and oxygen atoms in total. The third-order valence-corrected chi connectivity index (χ3v) is 6.49. The van der Waals surface area contributed by atoms with Gasteiger partial charge in [-0.25, -0.2) is 4.98 Å². The van der Waals surface area contributed by atoms with Crippen LogP contribution in [0.5, 0.6) is 11.5 Å². The van der Waals surface area contributed by atoms with Crippen LogP contribution < -0.4 is 14.4 Å². The SMILES string of the molecule is COc1ccc2sc(N(CC3CCCO3)C(=O)COc3ccc(C(C)C)cc3)nc2c1. The number of anilines is 1. The lowest BCUT2D eigenvalue weighted by Crippen LogP contribution is -2.40. The van der Waals surface area contributed by atoms with Gasteiger partial charge in [0, 0.05) is 12.7 Å². The van der Waals surface area contributed by atoms with Gasteiger partial charge in [-0.3, -0.25) is 9.69 Å². The minimum atomic E-state index is -0.130. The van der Waals surface area contributed by atoms with Gasteiger partial charge in [0.1, 0.15) is 11.5 Å². The van der Waals surface area contributed by atoms with Crippen LogP contribution in [-0.2, 0) is 9.53 Å². The number of methoxy groups -OCH3 is 1. The summed E-state index contributed by atoms with van der Waals surface area (Å²) < 4.78 is 17.9. The molecule has 7 heteroatoms. The van der Waals surface area contributed by atoms with Crippen molar-refractivity contribution in [3.8, 4) is 11.5 Å². The number of rotatable bonds is 8. The summed E-state index contributed by atoms with van der Waals surface area (Å²) >= 11 is 1.49. The molecule has 164 valence electrons. The van der Waals surface area contributed by atoms with Crippen LogP contribution in [0.15, 0.2) is 42.5 Å². The summed E-state index contributed by atoms with van der Waals surface area (Å²) in [6.07, 6.45) is 1.98. The fourth-order valence-corrected chi connectivity index (χ4v) is 4.56. The first-order chi connectivity index (χ1) is 15.0. The number of hydrogen-bond acceptors (Lipinski definition) is 6. The Morgan fingerprint density at radius 1 is 1.23 bits per heavy atom. The van der Waals surface area contributed by atoms with Crippen LogP contribution >= 0.6 is 11.3 Å². The van der Waals surface area contributed by atoms with E-state index in [0.29, 0.717) is 23.3 Å². The topological polar surface area (TPSA) is 60.9 Å². The van der Waals surface area contributed by atoms with Gasteiger partial charge in [0.25, 0.3) is 5.91 Å². The third kappa shape index (κ3) is 5.17. The van der Waals surface area contributed by atoms with E-state index in [2.05, 4.69) is 13.8 Å². The first-order valence-corrected chi connectivity index (χ1v) is 11.4. The molecule has 1 amide bonds. The van der Waals surface area contributed by atoms with Crippen molar-refractivity contribution >= 4 is 32.6 Å². The highest BCUT2D eigenvalue weighted by atomic mass is 32.1. The lowest BCUT2D eigenvalue weighted by Gasteiger charge is -2.23. The highest BCUT2D eigenvalue weighted by Crippen LogP contribution is 2.32.